The lowest BCUT2D eigenvalue weighted by molar-refractivity contribution is 0.146. The summed E-state index contributed by atoms with van der Waals surface area (Å²) in [6, 6.07) is 7.40. The van der Waals surface area contributed by atoms with Gasteiger partial charge in [-0.3, -0.25) is 5.84 Å². The van der Waals surface area contributed by atoms with E-state index in [0.29, 0.717) is 13.2 Å². The van der Waals surface area contributed by atoms with Crippen LogP contribution in [0.4, 0.5) is 5.69 Å². The molecule has 0 bridgehead atoms. The van der Waals surface area contributed by atoms with Gasteiger partial charge in [-0.15, -0.1) is 0 Å². The van der Waals surface area contributed by atoms with Crippen LogP contribution < -0.4 is 16.0 Å². The molecule has 0 aliphatic rings. The standard InChI is InChI=1S/C9H14N2O2/c1-12-6-7-13-9-4-2-8(11-10)3-5-9/h2-5,11H,6-7,10H2,1H3. The van der Waals surface area contributed by atoms with E-state index in [0.717, 1.165) is 11.4 Å². The Labute approximate surface area is 77.6 Å². The van der Waals surface area contributed by atoms with Crippen LogP contribution in [0.15, 0.2) is 24.3 Å². The summed E-state index contributed by atoms with van der Waals surface area (Å²) in [6.07, 6.45) is 0. The fourth-order valence-electron chi connectivity index (χ4n) is 0.890. The van der Waals surface area contributed by atoms with Crippen LogP contribution in [0.1, 0.15) is 0 Å². The fraction of sp³-hybridized carbons (Fsp3) is 0.333. The molecule has 0 aromatic heterocycles. The number of nitrogens with one attached hydrogen (secondary N) is 1. The Hall–Kier alpha value is -1.26. The number of hydrazine groups is 1. The summed E-state index contributed by atoms with van der Waals surface area (Å²) in [5, 5.41) is 0. The topological polar surface area (TPSA) is 56.5 Å². The molecule has 3 N–H and O–H groups in total. The van der Waals surface area contributed by atoms with Gasteiger partial charge in [0.15, 0.2) is 0 Å². The number of anilines is 1. The molecule has 0 aliphatic heterocycles. The van der Waals surface area contributed by atoms with Gasteiger partial charge in [-0.2, -0.15) is 0 Å². The molecule has 0 radical (unpaired) electrons. The van der Waals surface area contributed by atoms with Gasteiger partial charge >= 0.3 is 0 Å². The first-order valence-corrected chi connectivity index (χ1v) is 4.05. The summed E-state index contributed by atoms with van der Waals surface area (Å²) in [5.74, 6) is 6.03. The average Bonchev–Trinajstić information content (AvgIpc) is 2.19. The lowest BCUT2D eigenvalue weighted by Crippen LogP contribution is -2.07. The van der Waals surface area contributed by atoms with Crippen molar-refractivity contribution < 1.29 is 9.47 Å². The second-order valence-corrected chi connectivity index (χ2v) is 2.51. The first-order chi connectivity index (χ1) is 6.36. The Morgan fingerprint density at radius 3 is 2.46 bits per heavy atom. The van der Waals surface area contributed by atoms with E-state index in [1.807, 2.05) is 24.3 Å². The highest BCUT2D eigenvalue weighted by atomic mass is 16.5. The summed E-state index contributed by atoms with van der Waals surface area (Å²) in [5.41, 5.74) is 3.40. The number of benzene rings is 1. The van der Waals surface area contributed by atoms with E-state index in [1.165, 1.54) is 0 Å². The zero-order valence-electron chi connectivity index (χ0n) is 7.62. The van der Waals surface area contributed by atoms with E-state index in [1.54, 1.807) is 7.11 Å². The molecular weight excluding hydrogens is 168 g/mol. The number of hydrogen-bond donors (Lipinski definition) is 2. The van der Waals surface area contributed by atoms with Crippen molar-refractivity contribution in [3.63, 3.8) is 0 Å². The van der Waals surface area contributed by atoms with Gasteiger partial charge in [0.25, 0.3) is 0 Å². The SMILES string of the molecule is COCCOc1ccc(NN)cc1. The molecule has 0 saturated heterocycles. The molecule has 1 aromatic carbocycles. The zero-order chi connectivity index (χ0) is 9.52. The van der Waals surface area contributed by atoms with Crippen LogP contribution in [-0.2, 0) is 4.74 Å². The van der Waals surface area contributed by atoms with E-state index in [2.05, 4.69) is 5.43 Å². The largest absolute Gasteiger partial charge is 0.491 e. The summed E-state index contributed by atoms with van der Waals surface area (Å²) in [6.45, 7) is 1.16. The van der Waals surface area contributed by atoms with Crippen LogP contribution in [0.5, 0.6) is 5.75 Å². The third-order valence-corrected chi connectivity index (χ3v) is 1.58. The summed E-state index contributed by atoms with van der Waals surface area (Å²) in [4.78, 5) is 0. The van der Waals surface area contributed by atoms with Crippen LogP contribution in [-0.4, -0.2) is 20.3 Å². The van der Waals surface area contributed by atoms with E-state index < -0.39 is 0 Å². The minimum absolute atomic E-state index is 0.561. The van der Waals surface area contributed by atoms with Crippen LogP contribution in [0, 0.1) is 0 Å². The van der Waals surface area contributed by atoms with Gasteiger partial charge in [0.1, 0.15) is 12.4 Å². The second-order valence-electron chi connectivity index (χ2n) is 2.51. The lowest BCUT2D eigenvalue weighted by Gasteiger charge is -2.05. The predicted molar refractivity (Wildman–Crippen MR) is 51.6 cm³/mol. The third-order valence-electron chi connectivity index (χ3n) is 1.58. The zero-order valence-corrected chi connectivity index (χ0v) is 7.62. The number of nitrogens with two attached hydrogens (primary N) is 1. The third kappa shape index (κ3) is 3.31. The van der Waals surface area contributed by atoms with Gasteiger partial charge in [-0.25, -0.2) is 0 Å². The van der Waals surface area contributed by atoms with Crippen molar-refractivity contribution in [2.75, 3.05) is 25.7 Å². The summed E-state index contributed by atoms with van der Waals surface area (Å²) >= 11 is 0. The Morgan fingerprint density at radius 1 is 1.23 bits per heavy atom. The summed E-state index contributed by atoms with van der Waals surface area (Å²) in [7, 11) is 1.64. The average molecular weight is 182 g/mol. The molecule has 1 aromatic rings. The van der Waals surface area contributed by atoms with Gasteiger partial charge in [0.2, 0.25) is 0 Å². The highest BCUT2D eigenvalue weighted by molar-refractivity contribution is 5.44. The van der Waals surface area contributed by atoms with Gasteiger partial charge in [-0.05, 0) is 24.3 Å². The fourth-order valence-corrected chi connectivity index (χ4v) is 0.890. The van der Waals surface area contributed by atoms with Crippen LogP contribution in [0.25, 0.3) is 0 Å². The van der Waals surface area contributed by atoms with E-state index >= 15 is 0 Å². The first-order valence-electron chi connectivity index (χ1n) is 4.05. The van der Waals surface area contributed by atoms with Gasteiger partial charge in [-0.1, -0.05) is 0 Å². The molecular formula is C9H14N2O2. The van der Waals surface area contributed by atoms with Crippen molar-refractivity contribution in [2.45, 2.75) is 0 Å². The minimum atomic E-state index is 0.561. The molecule has 0 unspecified atom stereocenters. The Morgan fingerprint density at radius 2 is 1.92 bits per heavy atom. The van der Waals surface area contributed by atoms with Crippen molar-refractivity contribution >= 4 is 5.69 Å². The van der Waals surface area contributed by atoms with Gasteiger partial charge in [0, 0.05) is 12.8 Å². The number of ether oxygens (including phenoxy) is 2. The Bertz CT molecular complexity index is 236. The molecule has 0 amide bonds. The number of methoxy groups -OCH3 is 1. The molecule has 4 nitrogen and oxygen atoms in total. The maximum Gasteiger partial charge on any atom is 0.119 e. The van der Waals surface area contributed by atoms with Crippen molar-refractivity contribution in [3.05, 3.63) is 24.3 Å². The molecule has 0 aliphatic carbocycles. The van der Waals surface area contributed by atoms with E-state index in [9.17, 15) is 0 Å². The van der Waals surface area contributed by atoms with Crippen LogP contribution >= 0.6 is 0 Å². The molecule has 1 rings (SSSR count). The lowest BCUT2D eigenvalue weighted by atomic mass is 10.3. The first kappa shape index (κ1) is 9.83. The molecule has 0 heterocycles. The molecule has 72 valence electrons. The Kier molecular flexibility index (Phi) is 4.08. The molecule has 0 atom stereocenters. The number of hydrogen-bond acceptors (Lipinski definition) is 4. The Balaban J connectivity index is 2.40. The quantitative estimate of drug-likeness (QED) is 0.405. The van der Waals surface area contributed by atoms with Gasteiger partial charge in [0.05, 0.1) is 6.61 Å². The summed E-state index contributed by atoms with van der Waals surface area (Å²) < 4.78 is 10.2. The number of nitrogen functional groups attached to an aromatic ring is 1. The van der Waals surface area contributed by atoms with E-state index in [-0.39, 0.29) is 0 Å². The maximum absolute atomic E-state index is 5.35. The van der Waals surface area contributed by atoms with Crippen molar-refractivity contribution in [1.82, 2.24) is 0 Å². The van der Waals surface area contributed by atoms with Crippen LogP contribution in [0.3, 0.4) is 0 Å². The molecule has 13 heavy (non-hydrogen) atoms. The van der Waals surface area contributed by atoms with Crippen molar-refractivity contribution in [1.29, 1.82) is 0 Å². The monoisotopic (exact) mass is 182 g/mol. The predicted octanol–water partition coefficient (Wildman–Crippen LogP) is 0.997. The second kappa shape index (κ2) is 5.40. The molecule has 0 saturated carbocycles. The normalized spacial score (nSPS) is 9.69. The maximum atomic E-state index is 5.35. The molecule has 0 spiro atoms. The minimum Gasteiger partial charge on any atom is -0.491 e. The number of rotatable bonds is 5. The van der Waals surface area contributed by atoms with Gasteiger partial charge < -0.3 is 14.9 Å². The van der Waals surface area contributed by atoms with Crippen LogP contribution in [0.2, 0.25) is 0 Å². The molecule has 0 fully saturated rings. The highest BCUT2D eigenvalue weighted by Gasteiger charge is 1.92. The molecule has 4 heteroatoms. The van der Waals surface area contributed by atoms with E-state index in [4.69, 9.17) is 15.3 Å². The van der Waals surface area contributed by atoms with Crippen molar-refractivity contribution in [3.8, 4) is 5.75 Å². The highest BCUT2D eigenvalue weighted by Crippen LogP contribution is 2.14. The van der Waals surface area contributed by atoms with Crippen molar-refractivity contribution in [2.24, 2.45) is 5.84 Å². The smallest absolute Gasteiger partial charge is 0.119 e.